The zero-order valence-corrected chi connectivity index (χ0v) is 14.4. The van der Waals surface area contributed by atoms with Gasteiger partial charge in [-0.2, -0.15) is 23.4 Å². The van der Waals surface area contributed by atoms with Crippen LogP contribution < -0.4 is 11.1 Å². The second-order valence-electron chi connectivity index (χ2n) is 6.12. The predicted molar refractivity (Wildman–Crippen MR) is 96.2 cm³/mol. The number of nitrogens with two attached hydrogens (primary N) is 1. The Morgan fingerprint density at radius 2 is 2.00 bits per heavy atom. The van der Waals surface area contributed by atoms with Crippen LogP contribution in [0.3, 0.4) is 0 Å². The number of halogens is 3. The second kappa shape index (κ2) is 6.83. The first-order valence-electron chi connectivity index (χ1n) is 8.26. The van der Waals surface area contributed by atoms with Gasteiger partial charge in [0.15, 0.2) is 11.6 Å². The van der Waals surface area contributed by atoms with Crippen molar-refractivity contribution in [3.8, 4) is 11.3 Å². The summed E-state index contributed by atoms with van der Waals surface area (Å²) in [5, 5.41) is 11.0. The average Bonchev–Trinajstić information content (AvgIpc) is 3.28. The van der Waals surface area contributed by atoms with Crippen LogP contribution in [-0.2, 0) is 13.1 Å². The molecule has 11 heteroatoms. The van der Waals surface area contributed by atoms with Gasteiger partial charge in [0, 0.05) is 30.7 Å². The first kappa shape index (κ1) is 17.8. The van der Waals surface area contributed by atoms with E-state index in [0.717, 1.165) is 15.8 Å². The molecule has 0 saturated carbocycles. The van der Waals surface area contributed by atoms with Gasteiger partial charge in [0.25, 0.3) is 0 Å². The normalized spacial score (nSPS) is 11.8. The first-order chi connectivity index (χ1) is 13.4. The zero-order valence-electron chi connectivity index (χ0n) is 14.4. The third-order valence-corrected chi connectivity index (χ3v) is 4.00. The molecule has 0 aliphatic carbocycles. The molecule has 0 atom stereocenters. The van der Waals surface area contributed by atoms with Gasteiger partial charge in [0.1, 0.15) is 6.54 Å². The van der Waals surface area contributed by atoms with Gasteiger partial charge < -0.3 is 11.1 Å². The maximum absolute atomic E-state index is 12.5. The number of hydrogen-bond acceptors (Lipinski definition) is 6. The topological polar surface area (TPSA) is 99.0 Å². The average molecular weight is 388 g/mol. The lowest BCUT2D eigenvalue weighted by molar-refractivity contribution is -0.142. The molecule has 0 aliphatic heterocycles. The van der Waals surface area contributed by atoms with Crippen LogP contribution in [-0.4, -0.2) is 35.5 Å². The highest BCUT2D eigenvalue weighted by molar-refractivity contribution is 5.64. The Morgan fingerprint density at radius 1 is 1.14 bits per heavy atom. The van der Waals surface area contributed by atoms with Gasteiger partial charge in [-0.15, -0.1) is 0 Å². The van der Waals surface area contributed by atoms with E-state index in [9.17, 15) is 13.2 Å². The SMILES string of the molecule is Nc1ncc(-c2cnn(CC(F)(F)F)c2)nc1NCc1ccn2nccc2c1. The van der Waals surface area contributed by atoms with Gasteiger partial charge in [-0.05, 0) is 23.8 Å². The quantitative estimate of drug-likeness (QED) is 0.545. The van der Waals surface area contributed by atoms with Crippen LogP contribution in [0.1, 0.15) is 5.56 Å². The fourth-order valence-corrected chi connectivity index (χ4v) is 2.70. The van der Waals surface area contributed by atoms with E-state index in [1.54, 1.807) is 10.7 Å². The van der Waals surface area contributed by atoms with Crippen molar-refractivity contribution in [2.24, 2.45) is 0 Å². The molecule has 0 aliphatic rings. The fraction of sp³-hybridized carbons (Fsp3) is 0.176. The number of hydrogen-bond donors (Lipinski definition) is 2. The van der Waals surface area contributed by atoms with Crippen molar-refractivity contribution in [2.45, 2.75) is 19.3 Å². The number of anilines is 2. The van der Waals surface area contributed by atoms with Crippen molar-refractivity contribution in [1.29, 1.82) is 0 Å². The summed E-state index contributed by atoms with van der Waals surface area (Å²) in [5.74, 6) is 0.534. The van der Waals surface area contributed by atoms with Crippen LogP contribution in [0.2, 0.25) is 0 Å². The number of rotatable bonds is 5. The van der Waals surface area contributed by atoms with Crippen LogP contribution in [0, 0.1) is 0 Å². The predicted octanol–water partition coefficient (Wildman–Crippen LogP) is 2.74. The fourth-order valence-electron chi connectivity index (χ4n) is 2.70. The highest BCUT2D eigenvalue weighted by atomic mass is 19.4. The standard InChI is InChI=1S/C17H15F3N8/c18-17(19,20)10-27-9-12(7-25-27)14-8-22-15(21)16(26-14)23-6-11-2-4-28-13(5-11)1-3-24-28/h1-5,7-9H,6,10H2,(H2,21,22)(H,23,26). The van der Waals surface area contributed by atoms with Crippen molar-refractivity contribution >= 4 is 17.2 Å². The van der Waals surface area contributed by atoms with Gasteiger partial charge in [-0.25, -0.2) is 14.5 Å². The molecule has 0 unspecified atom stereocenters. The van der Waals surface area contributed by atoms with Gasteiger partial charge >= 0.3 is 6.18 Å². The Bertz CT molecular complexity index is 1110. The van der Waals surface area contributed by atoms with E-state index < -0.39 is 12.7 Å². The summed E-state index contributed by atoms with van der Waals surface area (Å²) in [4.78, 5) is 8.44. The minimum absolute atomic E-state index is 0.192. The molecule has 0 amide bonds. The lowest BCUT2D eigenvalue weighted by Crippen LogP contribution is -2.17. The molecule has 0 radical (unpaired) electrons. The highest BCUT2D eigenvalue weighted by Gasteiger charge is 2.28. The van der Waals surface area contributed by atoms with E-state index in [2.05, 4.69) is 25.5 Å². The summed E-state index contributed by atoms with van der Waals surface area (Å²) >= 11 is 0. The number of alkyl halides is 3. The molecular weight excluding hydrogens is 373 g/mol. The Morgan fingerprint density at radius 3 is 2.82 bits per heavy atom. The van der Waals surface area contributed by atoms with Crippen LogP contribution in [0.4, 0.5) is 24.8 Å². The summed E-state index contributed by atoms with van der Waals surface area (Å²) in [6.07, 6.45) is 3.17. The van der Waals surface area contributed by atoms with Gasteiger partial charge in [-0.1, -0.05) is 0 Å². The molecule has 0 saturated heterocycles. The lowest BCUT2D eigenvalue weighted by atomic mass is 10.2. The van der Waals surface area contributed by atoms with Crippen LogP contribution in [0.25, 0.3) is 16.8 Å². The van der Waals surface area contributed by atoms with Gasteiger partial charge in [0.2, 0.25) is 0 Å². The summed E-state index contributed by atoms with van der Waals surface area (Å²) in [6, 6.07) is 5.76. The van der Waals surface area contributed by atoms with Crippen LogP contribution in [0.15, 0.2) is 49.2 Å². The molecule has 4 aromatic rings. The number of pyridine rings is 1. The first-order valence-corrected chi connectivity index (χ1v) is 8.26. The number of nitrogens with one attached hydrogen (secondary N) is 1. The molecule has 144 valence electrons. The molecule has 4 rings (SSSR count). The van der Waals surface area contributed by atoms with Crippen molar-refractivity contribution < 1.29 is 13.2 Å². The summed E-state index contributed by atoms with van der Waals surface area (Å²) < 4.78 is 40.0. The molecule has 28 heavy (non-hydrogen) atoms. The smallest absolute Gasteiger partial charge is 0.381 e. The summed E-state index contributed by atoms with van der Waals surface area (Å²) in [7, 11) is 0. The van der Waals surface area contributed by atoms with E-state index in [4.69, 9.17) is 5.73 Å². The van der Waals surface area contributed by atoms with Crippen molar-refractivity contribution in [1.82, 2.24) is 29.4 Å². The second-order valence-corrected chi connectivity index (χ2v) is 6.12. The third kappa shape index (κ3) is 3.87. The van der Waals surface area contributed by atoms with Crippen LogP contribution in [0.5, 0.6) is 0 Å². The maximum atomic E-state index is 12.5. The summed E-state index contributed by atoms with van der Waals surface area (Å²) in [6.45, 7) is -0.727. The van der Waals surface area contributed by atoms with E-state index in [1.165, 1.54) is 18.6 Å². The largest absolute Gasteiger partial charge is 0.408 e. The van der Waals surface area contributed by atoms with Crippen molar-refractivity contribution in [3.63, 3.8) is 0 Å². The molecule has 0 fully saturated rings. The van der Waals surface area contributed by atoms with Gasteiger partial charge in [-0.3, -0.25) is 4.68 Å². The minimum Gasteiger partial charge on any atom is -0.381 e. The number of fused-ring (bicyclic) bond motifs is 1. The molecule has 3 N–H and O–H groups in total. The molecule has 0 bridgehead atoms. The van der Waals surface area contributed by atoms with Crippen LogP contribution >= 0.6 is 0 Å². The van der Waals surface area contributed by atoms with E-state index >= 15 is 0 Å². The number of aromatic nitrogens is 6. The maximum Gasteiger partial charge on any atom is 0.408 e. The van der Waals surface area contributed by atoms with Gasteiger partial charge in [0.05, 0.1) is 23.6 Å². The molecule has 4 heterocycles. The molecule has 0 spiro atoms. The molecular formula is C17H15F3N8. The molecule has 4 aromatic heterocycles. The Hall–Kier alpha value is -3.63. The van der Waals surface area contributed by atoms with E-state index in [-0.39, 0.29) is 5.82 Å². The number of nitrogens with zero attached hydrogens (tertiary/aromatic N) is 6. The monoisotopic (exact) mass is 388 g/mol. The van der Waals surface area contributed by atoms with Crippen molar-refractivity contribution in [3.05, 3.63) is 54.7 Å². The number of nitrogen functional groups attached to an aromatic ring is 1. The Balaban J connectivity index is 1.52. The van der Waals surface area contributed by atoms with Crippen molar-refractivity contribution in [2.75, 3.05) is 11.1 Å². The zero-order chi connectivity index (χ0) is 19.7. The Labute approximate surface area is 156 Å². The lowest BCUT2D eigenvalue weighted by Gasteiger charge is -2.09. The highest BCUT2D eigenvalue weighted by Crippen LogP contribution is 2.23. The molecule has 0 aromatic carbocycles. The minimum atomic E-state index is -4.35. The van der Waals surface area contributed by atoms with E-state index in [1.807, 2.05) is 24.4 Å². The van der Waals surface area contributed by atoms with E-state index in [0.29, 0.717) is 23.6 Å². The Kier molecular flexibility index (Phi) is 4.34. The summed E-state index contributed by atoms with van der Waals surface area (Å²) in [5.41, 5.74) is 8.60. The third-order valence-electron chi connectivity index (χ3n) is 4.00. The molecule has 8 nitrogen and oxygen atoms in total.